The highest BCUT2D eigenvalue weighted by Crippen LogP contribution is 2.19. The highest BCUT2D eigenvalue weighted by atomic mass is 16.2. The van der Waals surface area contributed by atoms with E-state index in [4.69, 9.17) is 0 Å². The number of piperazine rings is 2. The lowest BCUT2D eigenvalue weighted by molar-refractivity contribution is -0.128. The number of hydrogen-bond acceptors (Lipinski definition) is 6. The highest BCUT2D eigenvalue weighted by Gasteiger charge is 2.34. The van der Waals surface area contributed by atoms with Gasteiger partial charge in [0.1, 0.15) is 11.9 Å². The fraction of sp³-hybridized carbons (Fsp3) is 0.458. The van der Waals surface area contributed by atoms with Crippen LogP contribution in [-0.2, 0) is 11.3 Å². The van der Waals surface area contributed by atoms with Crippen LogP contribution in [-0.4, -0.2) is 97.4 Å². The predicted octanol–water partition coefficient (Wildman–Crippen LogP) is 0.906. The number of rotatable bonds is 5. The molecule has 2 aliphatic rings. The van der Waals surface area contributed by atoms with Crippen molar-refractivity contribution < 1.29 is 9.59 Å². The van der Waals surface area contributed by atoms with Gasteiger partial charge in [-0.2, -0.15) is 0 Å². The number of hydrogen-bond donors (Lipinski definition) is 1. The first kappa shape index (κ1) is 22.2. The SMILES string of the molecule is CNC(=O)[C@H]1CN(C(=O)c2ccnc(N3CCN(C)CC3)c2)CCN1Cc1ccccc1. The quantitative estimate of drug-likeness (QED) is 0.751. The van der Waals surface area contributed by atoms with Crippen molar-refractivity contribution in [3.05, 3.63) is 59.8 Å². The van der Waals surface area contributed by atoms with Crippen LogP contribution >= 0.6 is 0 Å². The van der Waals surface area contributed by atoms with E-state index in [1.54, 1.807) is 24.2 Å². The van der Waals surface area contributed by atoms with E-state index in [2.05, 4.69) is 44.2 Å². The van der Waals surface area contributed by atoms with Crippen LogP contribution in [0.5, 0.6) is 0 Å². The molecule has 2 saturated heterocycles. The molecule has 4 rings (SSSR count). The lowest BCUT2D eigenvalue weighted by Gasteiger charge is -2.40. The summed E-state index contributed by atoms with van der Waals surface area (Å²) in [7, 11) is 3.76. The number of likely N-dealkylation sites (N-methyl/N-ethyl adjacent to an activating group) is 2. The molecule has 3 heterocycles. The van der Waals surface area contributed by atoms with Crippen LogP contribution in [0.1, 0.15) is 15.9 Å². The summed E-state index contributed by atoms with van der Waals surface area (Å²) in [6.07, 6.45) is 1.71. The van der Waals surface area contributed by atoms with Crippen LogP contribution in [0.4, 0.5) is 5.82 Å². The van der Waals surface area contributed by atoms with Crippen LogP contribution in [0, 0.1) is 0 Å². The second-order valence-electron chi connectivity index (χ2n) is 8.53. The third kappa shape index (κ3) is 5.08. The van der Waals surface area contributed by atoms with E-state index in [9.17, 15) is 9.59 Å². The van der Waals surface area contributed by atoms with Crippen LogP contribution in [0.15, 0.2) is 48.7 Å². The minimum atomic E-state index is -0.378. The van der Waals surface area contributed by atoms with Crippen molar-refractivity contribution in [3.63, 3.8) is 0 Å². The molecule has 1 aromatic carbocycles. The Morgan fingerprint density at radius 2 is 1.78 bits per heavy atom. The first-order valence-corrected chi connectivity index (χ1v) is 11.2. The normalized spacial score (nSPS) is 20.2. The predicted molar refractivity (Wildman–Crippen MR) is 125 cm³/mol. The molecule has 0 saturated carbocycles. The monoisotopic (exact) mass is 436 g/mol. The Morgan fingerprint density at radius 3 is 2.50 bits per heavy atom. The minimum Gasteiger partial charge on any atom is -0.358 e. The molecule has 0 spiro atoms. The molecule has 1 aromatic heterocycles. The van der Waals surface area contributed by atoms with Gasteiger partial charge in [0, 0.05) is 71.2 Å². The van der Waals surface area contributed by atoms with E-state index in [1.165, 1.54) is 0 Å². The van der Waals surface area contributed by atoms with Crippen LogP contribution in [0.3, 0.4) is 0 Å². The number of carbonyl (C=O) groups excluding carboxylic acids is 2. The van der Waals surface area contributed by atoms with E-state index >= 15 is 0 Å². The lowest BCUT2D eigenvalue weighted by Crippen LogP contribution is -2.59. The van der Waals surface area contributed by atoms with Gasteiger partial charge in [0.15, 0.2) is 0 Å². The van der Waals surface area contributed by atoms with Gasteiger partial charge >= 0.3 is 0 Å². The minimum absolute atomic E-state index is 0.0453. The molecule has 0 bridgehead atoms. The molecule has 0 unspecified atom stereocenters. The van der Waals surface area contributed by atoms with E-state index in [0.29, 0.717) is 31.7 Å². The molecule has 2 aliphatic heterocycles. The number of carbonyl (C=O) groups is 2. The third-order valence-electron chi connectivity index (χ3n) is 6.38. The van der Waals surface area contributed by atoms with Gasteiger partial charge in [-0.1, -0.05) is 30.3 Å². The Kier molecular flexibility index (Phi) is 7.02. The molecule has 2 fully saturated rings. The Morgan fingerprint density at radius 1 is 1.03 bits per heavy atom. The van der Waals surface area contributed by atoms with Gasteiger partial charge in [0.2, 0.25) is 5.91 Å². The maximum atomic E-state index is 13.3. The van der Waals surface area contributed by atoms with Crippen molar-refractivity contribution in [1.29, 1.82) is 0 Å². The topological polar surface area (TPSA) is 72.0 Å². The highest BCUT2D eigenvalue weighted by molar-refractivity contribution is 5.95. The number of amides is 2. The summed E-state index contributed by atoms with van der Waals surface area (Å²) < 4.78 is 0. The molecule has 0 radical (unpaired) electrons. The van der Waals surface area contributed by atoms with Crippen molar-refractivity contribution in [2.24, 2.45) is 0 Å². The maximum absolute atomic E-state index is 13.3. The van der Waals surface area contributed by atoms with Gasteiger partial charge in [-0.05, 0) is 24.7 Å². The number of aromatic nitrogens is 1. The Bertz CT molecular complexity index is 929. The number of pyridine rings is 1. The molecule has 1 atom stereocenters. The van der Waals surface area contributed by atoms with E-state index in [-0.39, 0.29) is 17.9 Å². The number of nitrogens with zero attached hydrogens (tertiary/aromatic N) is 5. The van der Waals surface area contributed by atoms with Crippen molar-refractivity contribution in [3.8, 4) is 0 Å². The molecule has 0 aliphatic carbocycles. The summed E-state index contributed by atoms with van der Waals surface area (Å²) in [5.74, 6) is 0.733. The van der Waals surface area contributed by atoms with Crippen LogP contribution in [0.25, 0.3) is 0 Å². The smallest absolute Gasteiger partial charge is 0.254 e. The molecule has 8 nitrogen and oxygen atoms in total. The van der Waals surface area contributed by atoms with Gasteiger partial charge < -0.3 is 20.0 Å². The van der Waals surface area contributed by atoms with E-state index < -0.39 is 0 Å². The van der Waals surface area contributed by atoms with Gasteiger partial charge in [-0.3, -0.25) is 14.5 Å². The van der Waals surface area contributed by atoms with Crippen molar-refractivity contribution in [2.75, 3.05) is 64.8 Å². The second kappa shape index (κ2) is 10.1. The second-order valence-corrected chi connectivity index (χ2v) is 8.53. The largest absolute Gasteiger partial charge is 0.358 e. The molecule has 32 heavy (non-hydrogen) atoms. The molecule has 2 aromatic rings. The molecular weight excluding hydrogens is 404 g/mol. The molecule has 2 amide bonds. The first-order chi connectivity index (χ1) is 15.5. The molecule has 1 N–H and O–H groups in total. The molecule has 170 valence electrons. The van der Waals surface area contributed by atoms with Gasteiger partial charge in [-0.15, -0.1) is 0 Å². The summed E-state index contributed by atoms with van der Waals surface area (Å²) in [4.78, 5) is 38.9. The van der Waals surface area contributed by atoms with Gasteiger partial charge in [0.05, 0.1) is 0 Å². The van der Waals surface area contributed by atoms with Crippen molar-refractivity contribution >= 4 is 17.6 Å². The Balaban J connectivity index is 1.46. The van der Waals surface area contributed by atoms with Gasteiger partial charge in [0.25, 0.3) is 5.91 Å². The fourth-order valence-corrected chi connectivity index (χ4v) is 4.37. The molecule has 8 heteroatoms. The zero-order chi connectivity index (χ0) is 22.5. The summed E-state index contributed by atoms with van der Waals surface area (Å²) in [5.41, 5.74) is 1.79. The van der Waals surface area contributed by atoms with E-state index in [0.717, 1.165) is 37.6 Å². The van der Waals surface area contributed by atoms with Gasteiger partial charge in [-0.25, -0.2) is 4.98 Å². The maximum Gasteiger partial charge on any atom is 0.254 e. The summed E-state index contributed by atoms with van der Waals surface area (Å²) in [6, 6.07) is 13.4. The fourth-order valence-electron chi connectivity index (χ4n) is 4.37. The Hall–Kier alpha value is -2.97. The lowest BCUT2D eigenvalue weighted by atomic mass is 10.1. The zero-order valence-corrected chi connectivity index (χ0v) is 18.9. The summed E-state index contributed by atoms with van der Waals surface area (Å²) in [6.45, 7) is 6.06. The number of nitrogens with one attached hydrogen (secondary N) is 1. The van der Waals surface area contributed by atoms with Crippen LogP contribution < -0.4 is 10.2 Å². The third-order valence-corrected chi connectivity index (χ3v) is 6.38. The number of benzene rings is 1. The first-order valence-electron chi connectivity index (χ1n) is 11.2. The zero-order valence-electron chi connectivity index (χ0n) is 18.9. The van der Waals surface area contributed by atoms with Crippen LogP contribution in [0.2, 0.25) is 0 Å². The average molecular weight is 437 g/mol. The Labute approximate surface area is 189 Å². The summed E-state index contributed by atoms with van der Waals surface area (Å²) in [5, 5.41) is 2.77. The van der Waals surface area contributed by atoms with Crippen molar-refractivity contribution in [1.82, 2.24) is 25.0 Å². The average Bonchev–Trinajstić information content (AvgIpc) is 2.84. The van der Waals surface area contributed by atoms with E-state index in [1.807, 2.05) is 24.3 Å². The van der Waals surface area contributed by atoms with Crippen molar-refractivity contribution in [2.45, 2.75) is 12.6 Å². The number of anilines is 1. The molecular formula is C24H32N6O2. The standard InChI is InChI=1S/C24H32N6O2/c1-25-23(31)21-18-30(15-14-29(21)17-19-6-4-3-5-7-19)24(32)20-8-9-26-22(16-20)28-12-10-27(2)11-13-28/h3-9,16,21H,10-15,17-18H2,1-2H3,(H,25,31)/t21-/m1/s1. The summed E-state index contributed by atoms with van der Waals surface area (Å²) >= 11 is 0.